The molecule has 0 aliphatic carbocycles. The van der Waals surface area contributed by atoms with Crippen LogP contribution >= 0.6 is 0 Å². The molecule has 0 saturated carbocycles. The van der Waals surface area contributed by atoms with Crippen LogP contribution in [0.2, 0.25) is 0 Å². The Morgan fingerprint density at radius 1 is 0.929 bits per heavy atom. The van der Waals surface area contributed by atoms with Crippen molar-refractivity contribution in [2.24, 2.45) is 0 Å². The summed E-state index contributed by atoms with van der Waals surface area (Å²) in [7, 11) is 1.65. The monoisotopic (exact) mass is 368 g/mol. The number of Topliss-reactive ketones (excluding diaryl/α,β-unsaturated/α-hetero) is 1. The molecule has 0 spiro atoms. The van der Waals surface area contributed by atoms with Crippen molar-refractivity contribution >= 4 is 29.0 Å². The number of carbonyl (C=O) groups excluding carboxylic acids is 1. The highest BCUT2D eigenvalue weighted by Gasteiger charge is 2.13. The Morgan fingerprint density at radius 3 is 2.39 bits per heavy atom. The minimum absolute atomic E-state index is 0.0582. The molecule has 4 rings (SSSR count). The number of carbonyl (C=O) groups is 1. The first-order chi connectivity index (χ1) is 13.7. The topological polar surface area (TPSA) is 44.1 Å². The molecule has 138 valence electrons. The van der Waals surface area contributed by atoms with Gasteiger partial charge in [0.15, 0.2) is 5.78 Å². The summed E-state index contributed by atoms with van der Waals surface area (Å²) in [5, 5.41) is 0. The maximum atomic E-state index is 12.8. The van der Waals surface area contributed by atoms with E-state index in [-0.39, 0.29) is 12.3 Å². The summed E-state index contributed by atoms with van der Waals surface area (Å²) in [5.74, 6) is 1.63. The third-order valence-electron chi connectivity index (χ3n) is 4.62. The van der Waals surface area contributed by atoms with E-state index < -0.39 is 0 Å². The zero-order chi connectivity index (χ0) is 19.3. The average molecular weight is 368 g/mol. The van der Waals surface area contributed by atoms with Crippen LogP contribution in [0.3, 0.4) is 0 Å². The molecule has 4 aromatic rings. The second kappa shape index (κ2) is 7.92. The van der Waals surface area contributed by atoms with E-state index in [4.69, 9.17) is 9.72 Å². The van der Waals surface area contributed by atoms with Gasteiger partial charge in [0.1, 0.15) is 11.6 Å². The number of methoxy groups -OCH3 is 1. The Kier molecular flexibility index (Phi) is 5.02. The van der Waals surface area contributed by atoms with Crippen LogP contribution in [0.5, 0.6) is 5.75 Å². The van der Waals surface area contributed by atoms with E-state index in [1.807, 2.05) is 95.6 Å². The molecule has 0 N–H and O–H groups in total. The minimum Gasteiger partial charge on any atom is -0.497 e. The lowest BCUT2D eigenvalue weighted by Gasteiger charge is -2.07. The van der Waals surface area contributed by atoms with Crippen LogP contribution in [-0.2, 0) is 6.54 Å². The number of hydrogen-bond acceptors (Lipinski definition) is 3. The maximum Gasteiger partial charge on any atom is 0.182 e. The van der Waals surface area contributed by atoms with Crippen molar-refractivity contribution in [1.29, 1.82) is 0 Å². The number of imidazole rings is 1. The highest BCUT2D eigenvalue weighted by molar-refractivity contribution is 5.97. The molecule has 1 heterocycles. The molecule has 0 fully saturated rings. The van der Waals surface area contributed by atoms with Gasteiger partial charge in [-0.1, -0.05) is 60.7 Å². The van der Waals surface area contributed by atoms with Gasteiger partial charge in [0.2, 0.25) is 0 Å². The zero-order valence-corrected chi connectivity index (χ0v) is 15.6. The van der Waals surface area contributed by atoms with Gasteiger partial charge in [-0.25, -0.2) is 4.98 Å². The van der Waals surface area contributed by atoms with E-state index in [0.29, 0.717) is 5.56 Å². The molecule has 3 aromatic carbocycles. The highest BCUT2D eigenvalue weighted by atomic mass is 16.5. The average Bonchev–Trinajstić information content (AvgIpc) is 3.10. The smallest absolute Gasteiger partial charge is 0.182 e. The molecule has 28 heavy (non-hydrogen) atoms. The lowest BCUT2D eigenvalue weighted by atomic mass is 10.1. The molecule has 4 nitrogen and oxygen atoms in total. The third kappa shape index (κ3) is 3.71. The number of ether oxygens (including phenoxy) is 1. The number of nitrogens with zero attached hydrogens (tertiary/aromatic N) is 2. The predicted molar refractivity (Wildman–Crippen MR) is 112 cm³/mol. The van der Waals surface area contributed by atoms with Gasteiger partial charge >= 0.3 is 0 Å². The molecular formula is C24H20N2O2. The molecule has 4 heteroatoms. The molecule has 0 bridgehead atoms. The fourth-order valence-corrected chi connectivity index (χ4v) is 3.13. The first-order valence-electron chi connectivity index (χ1n) is 9.10. The van der Waals surface area contributed by atoms with Gasteiger partial charge in [0.05, 0.1) is 24.7 Å². The number of ketones is 1. The quantitative estimate of drug-likeness (QED) is 0.445. The first-order valence-corrected chi connectivity index (χ1v) is 9.10. The second-order valence-corrected chi connectivity index (χ2v) is 6.44. The van der Waals surface area contributed by atoms with E-state index in [1.165, 1.54) is 0 Å². The Morgan fingerprint density at radius 2 is 1.64 bits per heavy atom. The van der Waals surface area contributed by atoms with Crippen LogP contribution < -0.4 is 4.74 Å². The SMILES string of the molecule is COc1ccc(/C=C/c2nc3ccccc3n2CC(=O)c2ccccc2)cc1. The van der Waals surface area contributed by atoms with E-state index in [0.717, 1.165) is 28.2 Å². The Balaban J connectivity index is 1.68. The summed E-state index contributed by atoms with van der Waals surface area (Å²) in [4.78, 5) is 17.5. The van der Waals surface area contributed by atoms with Crippen molar-refractivity contribution in [3.8, 4) is 5.75 Å². The van der Waals surface area contributed by atoms with Gasteiger partial charge in [-0.3, -0.25) is 4.79 Å². The number of hydrogen-bond donors (Lipinski definition) is 0. The number of fused-ring (bicyclic) bond motifs is 1. The highest BCUT2D eigenvalue weighted by Crippen LogP contribution is 2.20. The molecule has 0 aliphatic heterocycles. The van der Waals surface area contributed by atoms with Crippen LogP contribution in [0.1, 0.15) is 21.7 Å². The fourth-order valence-electron chi connectivity index (χ4n) is 3.13. The Hall–Kier alpha value is -3.66. The second-order valence-electron chi connectivity index (χ2n) is 6.44. The van der Waals surface area contributed by atoms with E-state index in [1.54, 1.807) is 7.11 Å². The molecule has 0 amide bonds. The molecule has 0 atom stereocenters. The van der Waals surface area contributed by atoms with Gasteiger partial charge in [0, 0.05) is 5.56 Å². The fraction of sp³-hybridized carbons (Fsp3) is 0.0833. The predicted octanol–water partition coefficient (Wildman–Crippen LogP) is 5.10. The zero-order valence-electron chi connectivity index (χ0n) is 15.6. The van der Waals surface area contributed by atoms with E-state index in [2.05, 4.69) is 0 Å². The van der Waals surface area contributed by atoms with Crippen LogP contribution in [0.25, 0.3) is 23.2 Å². The number of aromatic nitrogens is 2. The normalized spacial score (nSPS) is 11.2. The van der Waals surface area contributed by atoms with Crippen molar-refractivity contribution < 1.29 is 9.53 Å². The third-order valence-corrected chi connectivity index (χ3v) is 4.62. The van der Waals surface area contributed by atoms with Gasteiger partial charge in [0.25, 0.3) is 0 Å². The van der Waals surface area contributed by atoms with Crippen LogP contribution in [-0.4, -0.2) is 22.4 Å². The number of para-hydroxylation sites is 2. The van der Waals surface area contributed by atoms with Gasteiger partial charge < -0.3 is 9.30 Å². The summed E-state index contributed by atoms with van der Waals surface area (Å²) in [5.41, 5.74) is 3.55. The summed E-state index contributed by atoms with van der Waals surface area (Å²) in [6.07, 6.45) is 3.93. The lowest BCUT2D eigenvalue weighted by molar-refractivity contribution is 0.0973. The van der Waals surface area contributed by atoms with E-state index in [9.17, 15) is 4.79 Å². The van der Waals surface area contributed by atoms with Crippen molar-refractivity contribution in [1.82, 2.24) is 9.55 Å². The molecular weight excluding hydrogens is 348 g/mol. The summed E-state index contributed by atoms with van der Waals surface area (Å²) < 4.78 is 7.16. The van der Waals surface area contributed by atoms with Crippen LogP contribution in [0.4, 0.5) is 0 Å². The minimum atomic E-state index is 0.0582. The maximum absolute atomic E-state index is 12.8. The largest absolute Gasteiger partial charge is 0.497 e. The number of benzene rings is 3. The number of rotatable bonds is 6. The Bertz CT molecular complexity index is 1130. The first kappa shape index (κ1) is 17.7. The van der Waals surface area contributed by atoms with Gasteiger partial charge in [-0.05, 0) is 35.9 Å². The lowest BCUT2D eigenvalue weighted by Crippen LogP contribution is -2.11. The van der Waals surface area contributed by atoms with Gasteiger partial charge in [-0.2, -0.15) is 0 Å². The summed E-state index contributed by atoms with van der Waals surface area (Å²) in [6.45, 7) is 0.243. The molecule has 0 unspecified atom stereocenters. The van der Waals surface area contributed by atoms with Crippen molar-refractivity contribution in [3.05, 3.63) is 95.8 Å². The van der Waals surface area contributed by atoms with Crippen LogP contribution in [0.15, 0.2) is 78.9 Å². The van der Waals surface area contributed by atoms with E-state index >= 15 is 0 Å². The van der Waals surface area contributed by atoms with Crippen molar-refractivity contribution in [3.63, 3.8) is 0 Å². The standard InChI is InChI=1S/C24H20N2O2/c1-28-20-14-11-18(12-15-20)13-16-24-25-21-9-5-6-10-22(21)26(24)17-23(27)19-7-3-2-4-8-19/h2-16H,17H2,1H3/b16-13+. The summed E-state index contributed by atoms with van der Waals surface area (Å²) >= 11 is 0. The van der Waals surface area contributed by atoms with Gasteiger partial charge in [-0.15, -0.1) is 0 Å². The summed E-state index contributed by atoms with van der Waals surface area (Å²) in [6, 6.07) is 25.0. The van der Waals surface area contributed by atoms with Crippen LogP contribution in [0, 0.1) is 0 Å². The molecule has 0 radical (unpaired) electrons. The molecule has 0 saturated heterocycles. The molecule has 0 aliphatic rings. The Labute approximate surface area is 163 Å². The molecule has 1 aromatic heterocycles. The van der Waals surface area contributed by atoms with Crippen molar-refractivity contribution in [2.75, 3.05) is 7.11 Å². The van der Waals surface area contributed by atoms with Crippen molar-refractivity contribution in [2.45, 2.75) is 6.54 Å².